The molecule has 1 fully saturated rings. The maximum absolute atomic E-state index is 9.94. The highest BCUT2D eigenvalue weighted by atomic mass is 31.1. The maximum atomic E-state index is 9.94. The molecule has 3 nitrogen and oxygen atoms in total. The Morgan fingerprint density at radius 2 is 1.91 bits per heavy atom. The zero-order valence-electron chi connectivity index (χ0n) is 13.0. The first-order chi connectivity index (χ1) is 10.8. The third kappa shape index (κ3) is 3.84. The summed E-state index contributed by atoms with van der Waals surface area (Å²) in [5.41, 5.74) is 0.806. The van der Waals surface area contributed by atoms with Gasteiger partial charge in [0.05, 0.1) is 0 Å². The van der Waals surface area contributed by atoms with Gasteiger partial charge >= 0.3 is 0 Å². The largest absolute Gasteiger partial charge is 0.504 e. The summed E-state index contributed by atoms with van der Waals surface area (Å²) in [6, 6.07) is 10.9. The fourth-order valence-corrected chi connectivity index (χ4v) is 6.00. The van der Waals surface area contributed by atoms with Gasteiger partial charge in [0.2, 0.25) is 0 Å². The summed E-state index contributed by atoms with van der Waals surface area (Å²) >= 11 is 0. The summed E-state index contributed by atoms with van der Waals surface area (Å²) in [4.78, 5) is 0. The number of nitrogens with one attached hydrogen (secondary N) is 2. The molecule has 1 aromatic rings. The van der Waals surface area contributed by atoms with E-state index in [-0.39, 0.29) is 7.92 Å². The van der Waals surface area contributed by atoms with Gasteiger partial charge in [0, 0.05) is 12.8 Å². The molecular weight excluding hydrogens is 291 g/mol. The van der Waals surface area contributed by atoms with E-state index in [0.717, 1.165) is 24.3 Å². The van der Waals surface area contributed by atoms with Crippen molar-refractivity contribution in [2.75, 3.05) is 12.8 Å². The molecule has 2 aliphatic rings. The van der Waals surface area contributed by atoms with Crippen LogP contribution in [0.5, 0.6) is 0 Å². The van der Waals surface area contributed by atoms with Gasteiger partial charge in [-0.25, -0.2) is 0 Å². The van der Waals surface area contributed by atoms with Crippen LogP contribution in [0, 0.1) is 0 Å². The molecule has 0 aromatic heterocycles. The van der Waals surface area contributed by atoms with Gasteiger partial charge in [0.25, 0.3) is 0 Å². The van der Waals surface area contributed by atoms with Gasteiger partial charge in [-0.2, -0.15) is 0 Å². The quantitative estimate of drug-likeness (QED) is 0.728. The molecule has 1 aliphatic heterocycles. The van der Waals surface area contributed by atoms with Crippen molar-refractivity contribution < 1.29 is 5.11 Å². The average Bonchev–Trinajstić information content (AvgIpc) is 2.59. The van der Waals surface area contributed by atoms with Crippen molar-refractivity contribution >= 4 is 13.2 Å². The summed E-state index contributed by atoms with van der Waals surface area (Å²) in [5.74, 6) is 1.10. The second-order valence-electron chi connectivity index (χ2n) is 5.98. The second-order valence-corrected chi connectivity index (χ2v) is 8.48. The fraction of sp³-hybridized carbons (Fsp3) is 0.444. The molecule has 0 amide bonds. The molecule has 0 radical (unpaired) electrons. The molecule has 1 unspecified atom stereocenters. The van der Waals surface area contributed by atoms with Crippen LogP contribution in [0.25, 0.3) is 0 Å². The van der Waals surface area contributed by atoms with E-state index in [2.05, 4.69) is 41.0 Å². The molecule has 1 saturated carbocycles. The summed E-state index contributed by atoms with van der Waals surface area (Å²) in [6.45, 7) is 0.777. The topological polar surface area (TPSA) is 44.3 Å². The SMILES string of the molecule is OC1=C(NCP(c2ccccc2)C2CCCCC2)NCC=C1. The van der Waals surface area contributed by atoms with Crippen LogP contribution >= 0.6 is 7.92 Å². The Labute approximate surface area is 134 Å². The zero-order chi connectivity index (χ0) is 15.2. The molecule has 118 valence electrons. The first kappa shape index (κ1) is 15.4. The number of dihydropyridines is 1. The first-order valence-electron chi connectivity index (χ1n) is 8.24. The molecule has 1 aliphatic carbocycles. The molecule has 0 bridgehead atoms. The lowest BCUT2D eigenvalue weighted by Gasteiger charge is -2.32. The molecular formula is C18H25N2OP. The van der Waals surface area contributed by atoms with Gasteiger partial charge < -0.3 is 15.7 Å². The second kappa shape index (κ2) is 7.69. The van der Waals surface area contributed by atoms with E-state index in [1.807, 2.05) is 6.08 Å². The van der Waals surface area contributed by atoms with Gasteiger partial charge in [0.1, 0.15) is 5.82 Å². The van der Waals surface area contributed by atoms with Crippen LogP contribution in [-0.2, 0) is 0 Å². The van der Waals surface area contributed by atoms with Crippen molar-refractivity contribution in [2.45, 2.75) is 37.8 Å². The highest BCUT2D eigenvalue weighted by Gasteiger charge is 2.25. The third-order valence-corrected chi connectivity index (χ3v) is 7.32. The van der Waals surface area contributed by atoms with Crippen LogP contribution in [0.15, 0.2) is 54.1 Å². The van der Waals surface area contributed by atoms with E-state index in [4.69, 9.17) is 0 Å². The van der Waals surface area contributed by atoms with Crippen molar-refractivity contribution in [3.05, 3.63) is 54.1 Å². The minimum Gasteiger partial charge on any atom is -0.504 e. The summed E-state index contributed by atoms with van der Waals surface area (Å²) in [7, 11) is -0.238. The number of aliphatic hydroxyl groups excluding tert-OH is 1. The number of hydrogen-bond donors (Lipinski definition) is 3. The number of allylic oxidation sites excluding steroid dienone is 1. The lowest BCUT2D eigenvalue weighted by atomic mass is 10.0. The van der Waals surface area contributed by atoms with E-state index in [0.29, 0.717) is 5.76 Å². The van der Waals surface area contributed by atoms with Gasteiger partial charge in [0.15, 0.2) is 5.76 Å². The predicted molar refractivity (Wildman–Crippen MR) is 94.7 cm³/mol. The van der Waals surface area contributed by atoms with Crippen molar-refractivity contribution in [1.82, 2.24) is 10.6 Å². The van der Waals surface area contributed by atoms with Crippen LogP contribution in [0.1, 0.15) is 32.1 Å². The minimum absolute atomic E-state index is 0.238. The first-order valence-corrected chi connectivity index (χ1v) is 9.83. The van der Waals surface area contributed by atoms with Crippen LogP contribution in [0.3, 0.4) is 0 Å². The minimum atomic E-state index is -0.238. The molecule has 22 heavy (non-hydrogen) atoms. The van der Waals surface area contributed by atoms with Gasteiger partial charge in [-0.1, -0.05) is 63.6 Å². The lowest BCUT2D eigenvalue weighted by Crippen LogP contribution is -2.33. The Morgan fingerprint density at radius 1 is 1.14 bits per heavy atom. The molecule has 3 rings (SSSR count). The van der Waals surface area contributed by atoms with Crippen molar-refractivity contribution in [3.63, 3.8) is 0 Å². The molecule has 3 N–H and O–H groups in total. The Balaban J connectivity index is 1.72. The van der Waals surface area contributed by atoms with Crippen molar-refractivity contribution in [1.29, 1.82) is 0 Å². The van der Waals surface area contributed by atoms with Gasteiger partial charge in [-0.3, -0.25) is 0 Å². The molecule has 1 heterocycles. The molecule has 1 aromatic carbocycles. The zero-order valence-corrected chi connectivity index (χ0v) is 13.9. The van der Waals surface area contributed by atoms with Gasteiger partial charge in [-0.05, 0) is 29.9 Å². The van der Waals surface area contributed by atoms with Crippen LogP contribution < -0.4 is 15.9 Å². The number of benzene rings is 1. The van der Waals surface area contributed by atoms with E-state index < -0.39 is 0 Å². The van der Waals surface area contributed by atoms with Crippen molar-refractivity contribution in [2.24, 2.45) is 0 Å². The highest BCUT2D eigenvalue weighted by molar-refractivity contribution is 7.66. The highest BCUT2D eigenvalue weighted by Crippen LogP contribution is 2.46. The number of aliphatic hydroxyl groups is 1. The normalized spacial score (nSPS) is 20.5. The van der Waals surface area contributed by atoms with E-state index >= 15 is 0 Å². The summed E-state index contributed by atoms with van der Waals surface area (Å²) < 4.78 is 0. The molecule has 0 saturated heterocycles. The summed E-state index contributed by atoms with van der Waals surface area (Å²) in [5, 5.41) is 18.1. The van der Waals surface area contributed by atoms with E-state index in [1.54, 1.807) is 6.08 Å². The van der Waals surface area contributed by atoms with E-state index in [1.165, 1.54) is 37.4 Å². The Morgan fingerprint density at radius 3 is 2.64 bits per heavy atom. The molecule has 1 atom stereocenters. The average molecular weight is 316 g/mol. The Kier molecular flexibility index (Phi) is 5.39. The van der Waals surface area contributed by atoms with Gasteiger partial charge in [-0.15, -0.1) is 0 Å². The molecule has 0 spiro atoms. The fourth-order valence-electron chi connectivity index (χ4n) is 3.27. The predicted octanol–water partition coefficient (Wildman–Crippen LogP) is 3.56. The standard InChI is InChI=1S/C18H25N2OP/c21-17-12-7-13-19-18(17)20-14-22(15-8-3-1-4-9-15)16-10-5-2-6-11-16/h1,3-4,7-9,12,16,19-21H,2,5-6,10-11,13-14H2. The number of hydrogen-bond acceptors (Lipinski definition) is 3. The lowest BCUT2D eigenvalue weighted by molar-refractivity contribution is 0.409. The van der Waals surface area contributed by atoms with Crippen LogP contribution in [-0.4, -0.2) is 23.6 Å². The van der Waals surface area contributed by atoms with Crippen LogP contribution in [0.4, 0.5) is 0 Å². The smallest absolute Gasteiger partial charge is 0.155 e. The van der Waals surface area contributed by atoms with Crippen molar-refractivity contribution in [3.8, 4) is 0 Å². The Hall–Kier alpha value is -1.47. The third-order valence-electron chi connectivity index (χ3n) is 4.46. The maximum Gasteiger partial charge on any atom is 0.155 e. The summed E-state index contributed by atoms with van der Waals surface area (Å²) in [6.07, 6.45) is 11.5. The molecule has 4 heteroatoms. The Bertz CT molecular complexity index is 535. The monoisotopic (exact) mass is 316 g/mol. The van der Waals surface area contributed by atoms with E-state index in [9.17, 15) is 5.11 Å². The van der Waals surface area contributed by atoms with Crippen LogP contribution in [0.2, 0.25) is 0 Å². The number of rotatable bonds is 5.